The second kappa shape index (κ2) is 8.65. The lowest BCUT2D eigenvalue weighted by atomic mass is 10.0. The number of nitrogens with zero attached hydrogens (tertiary/aromatic N) is 1. The van der Waals surface area contributed by atoms with Crippen LogP contribution in [-0.2, 0) is 9.59 Å². The Morgan fingerprint density at radius 3 is 2.60 bits per heavy atom. The van der Waals surface area contributed by atoms with E-state index in [0.29, 0.717) is 12.1 Å². The fourth-order valence-corrected chi connectivity index (χ4v) is 2.90. The number of rotatable bonds is 5. The average molecular weight is 360 g/mol. The topological polar surface area (TPSA) is 75.4 Å². The van der Waals surface area contributed by atoms with Gasteiger partial charge in [0, 0.05) is 36.8 Å². The highest BCUT2D eigenvalue weighted by molar-refractivity contribution is 5.97. The SMILES string of the molecule is Cl.NC(CC(=O)Nc1cccc(N2CCCC2=O)c1)c1ccccc1. The second-order valence-corrected chi connectivity index (χ2v) is 5.97. The minimum absolute atomic E-state index is 0. The van der Waals surface area contributed by atoms with E-state index >= 15 is 0 Å². The number of nitrogens with one attached hydrogen (secondary N) is 1. The summed E-state index contributed by atoms with van der Waals surface area (Å²) in [5.74, 6) is -0.0131. The van der Waals surface area contributed by atoms with Crippen LogP contribution in [0.3, 0.4) is 0 Å². The number of anilines is 2. The molecule has 25 heavy (non-hydrogen) atoms. The first-order valence-electron chi connectivity index (χ1n) is 8.14. The highest BCUT2D eigenvalue weighted by Crippen LogP contribution is 2.24. The summed E-state index contributed by atoms with van der Waals surface area (Å²) in [6.07, 6.45) is 1.67. The molecule has 1 heterocycles. The lowest BCUT2D eigenvalue weighted by molar-refractivity contribution is -0.117. The first kappa shape index (κ1) is 19.0. The summed E-state index contributed by atoms with van der Waals surface area (Å²) in [6, 6.07) is 16.6. The number of carbonyl (C=O) groups is 2. The smallest absolute Gasteiger partial charge is 0.227 e. The van der Waals surface area contributed by atoms with E-state index in [9.17, 15) is 9.59 Å². The van der Waals surface area contributed by atoms with Crippen LogP contribution in [0.2, 0.25) is 0 Å². The third-order valence-corrected chi connectivity index (χ3v) is 4.15. The number of benzene rings is 2. The zero-order valence-corrected chi connectivity index (χ0v) is 14.7. The largest absolute Gasteiger partial charge is 0.326 e. The van der Waals surface area contributed by atoms with Gasteiger partial charge in [-0.1, -0.05) is 36.4 Å². The van der Waals surface area contributed by atoms with E-state index in [1.165, 1.54) is 0 Å². The zero-order valence-electron chi connectivity index (χ0n) is 13.9. The van der Waals surface area contributed by atoms with Gasteiger partial charge < -0.3 is 16.0 Å². The fourth-order valence-electron chi connectivity index (χ4n) is 2.90. The Hall–Kier alpha value is -2.37. The van der Waals surface area contributed by atoms with Crippen molar-refractivity contribution in [1.29, 1.82) is 0 Å². The molecular formula is C19H22ClN3O2. The molecule has 0 aliphatic carbocycles. The van der Waals surface area contributed by atoms with Crippen LogP contribution in [0.4, 0.5) is 11.4 Å². The quantitative estimate of drug-likeness (QED) is 0.860. The lowest BCUT2D eigenvalue weighted by Gasteiger charge is -2.17. The molecule has 1 aliphatic rings. The van der Waals surface area contributed by atoms with E-state index in [1.54, 1.807) is 4.90 Å². The van der Waals surface area contributed by atoms with Crippen molar-refractivity contribution < 1.29 is 9.59 Å². The normalized spacial score (nSPS) is 14.8. The van der Waals surface area contributed by atoms with E-state index in [-0.39, 0.29) is 36.7 Å². The maximum atomic E-state index is 12.2. The molecule has 2 aromatic carbocycles. The summed E-state index contributed by atoms with van der Waals surface area (Å²) in [6.45, 7) is 0.731. The molecule has 1 unspecified atom stereocenters. The molecule has 3 N–H and O–H groups in total. The van der Waals surface area contributed by atoms with E-state index in [0.717, 1.165) is 24.2 Å². The number of halogens is 1. The molecule has 0 aromatic heterocycles. The molecule has 132 valence electrons. The molecule has 6 heteroatoms. The minimum Gasteiger partial charge on any atom is -0.326 e. The molecule has 1 atom stereocenters. The Morgan fingerprint density at radius 2 is 1.92 bits per heavy atom. The predicted molar refractivity (Wildman–Crippen MR) is 102 cm³/mol. The maximum absolute atomic E-state index is 12.2. The lowest BCUT2D eigenvalue weighted by Crippen LogP contribution is -2.24. The Morgan fingerprint density at radius 1 is 1.16 bits per heavy atom. The van der Waals surface area contributed by atoms with Crippen molar-refractivity contribution in [3.8, 4) is 0 Å². The first-order valence-corrected chi connectivity index (χ1v) is 8.14. The molecule has 0 saturated carbocycles. The van der Waals surface area contributed by atoms with Crippen LogP contribution in [-0.4, -0.2) is 18.4 Å². The third kappa shape index (κ3) is 4.81. The number of hydrogen-bond donors (Lipinski definition) is 2. The fraction of sp³-hybridized carbons (Fsp3) is 0.263. The number of hydrogen-bond acceptors (Lipinski definition) is 3. The molecular weight excluding hydrogens is 338 g/mol. The molecule has 2 amide bonds. The summed E-state index contributed by atoms with van der Waals surface area (Å²) in [5.41, 5.74) is 8.52. The Labute approximate surface area is 153 Å². The number of amides is 2. The monoisotopic (exact) mass is 359 g/mol. The molecule has 5 nitrogen and oxygen atoms in total. The molecule has 1 aliphatic heterocycles. The van der Waals surface area contributed by atoms with Crippen molar-refractivity contribution in [2.75, 3.05) is 16.8 Å². The second-order valence-electron chi connectivity index (χ2n) is 5.97. The van der Waals surface area contributed by atoms with Gasteiger partial charge >= 0.3 is 0 Å². The van der Waals surface area contributed by atoms with Crippen molar-refractivity contribution in [2.24, 2.45) is 5.73 Å². The van der Waals surface area contributed by atoms with E-state index in [1.807, 2.05) is 54.6 Å². The molecule has 1 fully saturated rings. The van der Waals surface area contributed by atoms with Crippen molar-refractivity contribution >= 4 is 35.6 Å². The molecule has 0 radical (unpaired) electrons. The Bertz CT molecular complexity index is 736. The highest BCUT2D eigenvalue weighted by atomic mass is 35.5. The van der Waals surface area contributed by atoms with Crippen LogP contribution >= 0.6 is 12.4 Å². The highest BCUT2D eigenvalue weighted by Gasteiger charge is 2.21. The van der Waals surface area contributed by atoms with Crippen LogP contribution in [0.5, 0.6) is 0 Å². The molecule has 1 saturated heterocycles. The minimum atomic E-state index is -0.338. The summed E-state index contributed by atoms with van der Waals surface area (Å²) >= 11 is 0. The zero-order chi connectivity index (χ0) is 16.9. The van der Waals surface area contributed by atoms with Crippen LogP contribution in [0.15, 0.2) is 54.6 Å². The van der Waals surface area contributed by atoms with Gasteiger partial charge in [-0.25, -0.2) is 0 Å². The molecule has 0 bridgehead atoms. The van der Waals surface area contributed by atoms with Gasteiger partial charge in [0.05, 0.1) is 0 Å². The summed E-state index contributed by atoms with van der Waals surface area (Å²) in [5, 5.41) is 2.86. The van der Waals surface area contributed by atoms with E-state index in [2.05, 4.69) is 5.32 Å². The van der Waals surface area contributed by atoms with E-state index in [4.69, 9.17) is 5.73 Å². The number of carbonyl (C=O) groups excluding carboxylic acids is 2. The third-order valence-electron chi connectivity index (χ3n) is 4.15. The number of nitrogens with two attached hydrogens (primary N) is 1. The summed E-state index contributed by atoms with van der Waals surface area (Å²) < 4.78 is 0. The van der Waals surface area contributed by atoms with Gasteiger partial charge in [0.15, 0.2) is 0 Å². The van der Waals surface area contributed by atoms with Gasteiger partial charge in [0.1, 0.15) is 0 Å². The van der Waals surface area contributed by atoms with Crippen LogP contribution in [0.25, 0.3) is 0 Å². The van der Waals surface area contributed by atoms with Crippen molar-refractivity contribution in [2.45, 2.75) is 25.3 Å². The van der Waals surface area contributed by atoms with Crippen LogP contribution in [0, 0.1) is 0 Å². The average Bonchev–Trinajstić information content (AvgIpc) is 3.02. The van der Waals surface area contributed by atoms with Crippen molar-refractivity contribution in [3.63, 3.8) is 0 Å². The molecule has 2 aromatic rings. The Kier molecular flexibility index (Phi) is 6.56. The van der Waals surface area contributed by atoms with Gasteiger partial charge in [0.2, 0.25) is 11.8 Å². The van der Waals surface area contributed by atoms with Crippen LogP contribution < -0.4 is 16.0 Å². The van der Waals surface area contributed by atoms with Gasteiger partial charge in [0.25, 0.3) is 0 Å². The van der Waals surface area contributed by atoms with Gasteiger partial charge in [-0.15, -0.1) is 12.4 Å². The van der Waals surface area contributed by atoms with Gasteiger partial charge in [-0.3, -0.25) is 9.59 Å². The predicted octanol–water partition coefficient (Wildman–Crippen LogP) is 3.26. The van der Waals surface area contributed by atoms with Crippen molar-refractivity contribution in [3.05, 3.63) is 60.2 Å². The van der Waals surface area contributed by atoms with Gasteiger partial charge in [-0.2, -0.15) is 0 Å². The standard InChI is InChI=1S/C19H21N3O2.ClH/c20-17(14-6-2-1-3-7-14)13-18(23)21-15-8-4-9-16(12-15)22-11-5-10-19(22)24;/h1-4,6-9,12,17H,5,10-11,13,20H2,(H,21,23);1H. The summed E-state index contributed by atoms with van der Waals surface area (Å²) in [7, 11) is 0. The first-order chi connectivity index (χ1) is 11.6. The van der Waals surface area contributed by atoms with Crippen molar-refractivity contribution in [1.82, 2.24) is 0 Å². The van der Waals surface area contributed by atoms with Gasteiger partial charge in [-0.05, 0) is 30.2 Å². The van der Waals surface area contributed by atoms with Crippen LogP contribution in [0.1, 0.15) is 30.9 Å². The maximum Gasteiger partial charge on any atom is 0.227 e. The molecule has 0 spiro atoms. The Balaban J connectivity index is 0.00000225. The van der Waals surface area contributed by atoms with E-state index < -0.39 is 0 Å². The summed E-state index contributed by atoms with van der Waals surface area (Å²) in [4.78, 5) is 25.8. The molecule has 3 rings (SSSR count).